The number of amides is 2. The highest BCUT2D eigenvalue weighted by atomic mass is 32.2. The van der Waals surface area contributed by atoms with Crippen LogP contribution in [0.2, 0.25) is 0 Å². The molecule has 3 fully saturated rings. The van der Waals surface area contributed by atoms with Crippen molar-refractivity contribution in [3.05, 3.63) is 49.6 Å². The number of esters is 1. The van der Waals surface area contributed by atoms with E-state index in [1.54, 1.807) is 33.7 Å². The SMILES string of the molecule is C=CCCOC(=O)[C@@H]1[C@H]2C(=O)N(CCCCCCO)C(C(=O)N(CC=C)c3ccc(N(CC)CC)cc3)C23CC[C@@]1(C)S3. The molecule has 8 nitrogen and oxygen atoms in total. The van der Waals surface area contributed by atoms with E-state index in [-0.39, 0.29) is 31.0 Å². The van der Waals surface area contributed by atoms with E-state index >= 15 is 0 Å². The Bertz CT molecular complexity index is 1170. The van der Waals surface area contributed by atoms with E-state index in [2.05, 4.69) is 38.8 Å². The molecule has 3 heterocycles. The van der Waals surface area contributed by atoms with Crippen molar-refractivity contribution in [1.82, 2.24) is 4.90 Å². The standard InChI is InChI=1S/C34H49N3O5S/c1-6-10-24-42-32(41)28-27-30(39)37(22-13-11-12-14-23-38)29(34(27)20-19-33(28,5)43-34)31(40)36(21-7-2)26-17-15-25(16-18-26)35(8-3)9-4/h6-7,15-18,27-29,38H,1-2,8-14,19-24H2,3-5H3/t27-,28-,29?,33+,34?/m0/s1. The first-order chi connectivity index (χ1) is 20.7. The second kappa shape index (κ2) is 14.3. The zero-order valence-corrected chi connectivity index (χ0v) is 26.9. The number of unbranched alkanes of at least 4 members (excludes halogenated alkanes) is 3. The van der Waals surface area contributed by atoms with Crippen molar-refractivity contribution < 1.29 is 24.2 Å². The van der Waals surface area contributed by atoms with Crippen molar-refractivity contribution in [2.75, 3.05) is 49.2 Å². The number of hydrogen-bond donors (Lipinski definition) is 1. The number of hydrogen-bond acceptors (Lipinski definition) is 7. The maximum absolute atomic E-state index is 14.8. The highest BCUT2D eigenvalue weighted by molar-refractivity contribution is 8.02. The van der Waals surface area contributed by atoms with Crippen molar-refractivity contribution in [3.8, 4) is 0 Å². The summed E-state index contributed by atoms with van der Waals surface area (Å²) in [5, 5.41) is 9.21. The first-order valence-corrected chi connectivity index (χ1v) is 16.7. The first kappa shape index (κ1) is 33.1. The molecule has 3 aliphatic rings. The van der Waals surface area contributed by atoms with Gasteiger partial charge in [0.05, 0.1) is 23.2 Å². The zero-order valence-electron chi connectivity index (χ0n) is 26.1. The van der Waals surface area contributed by atoms with Crippen molar-refractivity contribution in [2.24, 2.45) is 11.8 Å². The monoisotopic (exact) mass is 611 g/mol. The second-order valence-electron chi connectivity index (χ2n) is 12.1. The molecule has 0 aliphatic carbocycles. The number of fused-ring (bicyclic) bond motifs is 1. The molecule has 2 bridgehead atoms. The molecule has 9 heteroatoms. The molecule has 1 N–H and O–H groups in total. The Morgan fingerprint density at radius 2 is 1.74 bits per heavy atom. The zero-order chi connectivity index (χ0) is 31.2. The second-order valence-corrected chi connectivity index (χ2v) is 14.0. The predicted molar refractivity (Wildman–Crippen MR) is 174 cm³/mol. The van der Waals surface area contributed by atoms with Gasteiger partial charge in [0, 0.05) is 48.9 Å². The molecule has 2 amide bonds. The van der Waals surface area contributed by atoms with Crippen LogP contribution in [0.4, 0.5) is 11.4 Å². The van der Waals surface area contributed by atoms with Crippen LogP contribution in [0.15, 0.2) is 49.6 Å². The maximum Gasteiger partial charge on any atom is 0.311 e. The number of aliphatic hydroxyl groups excluding tert-OH is 1. The van der Waals surface area contributed by atoms with E-state index in [0.717, 1.165) is 50.1 Å². The molecule has 1 spiro atoms. The average molecular weight is 612 g/mol. The smallest absolute Gasteiger partial charge is 0.311 e. The van der Waals surface area contributed by atoms with Crippen LogP contribution in [0, 0.1) is 11.8 Å². The summed E-state index contributed by atoms with van der Waals surface area (Å²) in [5.74, 6) is -1.78. The molecule has 0 saturated carbocycles. The summed E-state index contributed by atoms with van der Waals surface area (Å²) in [6, 6.07) is 7.33. The Kier molecular flexibility index (Phi) is 11.0. The lowest BCUT2D eigenvalue weighted by atomic mass is 9.66. The fourth-order valence-corrected chi connectivity index (χ4v) is 9.75. The Morgan fingerprint density at radius 3 is 2.37 bits per heavy atom. The van der Waals surface area contributed by atoms with Crippen LogP contribution in [0.1, 0.15) is 65.7 Å². The summed E-state index contributed by atoms with van der Waals surface area (Å²) < 4.78 is 4.50. The van der Waals surface area contributed by atoms with Crippen LogP contribution in [0.5, 0.6) is 0 Å². The normalized spacial score (nSPS) is 27.2. The minimum absolute atomic E-state index is 0.113. The number of anilines is 2. The van der Waals surface area contributed by atoms with Crippen molar-refractivity contribution >= 4 is 40.9 Å². The number of carbonyl (C=O) groups excluding carboxylic acids is 3. The summed E-state index contributed by atoms with van der Waals surface area (Å²) >= 11 is 1.67. The molecule has 43 heavy (non-hydrogen) atoms. The van der Waals surface area contributed by atoms with Gasteiger partial charge in [-0.05, 0) is 77.1 Å². The highest BCUT2D eigenvalue weighted by Gasteiger charge is 2.77. The third-order valence-electron chi connectivity index (χ3n) is 9.51. The lowest BCUT2D eigenvalue weighted by molar-refractivity contribution is -0.155. The quantitative estimate of drug-likeness (QED) is 0.147. The highest BCUT2D eigenvalue weighted by Crippen LogP contribution is 2.71. The summed E-state index contributed by atoms with van der Waals surface area (Å²) in [4.78, 5) is 48.4. The molecule has 1 aromatic carbocycles. The third-order valence-corrected chi connectivity index (χ3v) is 11.5. The first-order valence-electron chi connectivity index (χ1n) is 15.9. The lowest BCUT2D eigenvalue weighted by Crippen LogP contribution is -2.55. The van der Waals surface area contributed by atoms with Gasteiger partial charge in [0.25, 0.3) is 5.91 Å². The van der Waals surface area contributed by atoms with E-state index < -0.39 is 27.4 Å². The van der Waals surface area contributed by atoms with E-state index in [1.807, 2.05) is 24.3 Å². The van der Waals surface area contributed by atoms with Crippen LogP contribution in [-0.2, 0) is 19.1 Å². The Morgan fingerprint density at radius 1 is 1.07 bits per heavy atom. The van der Waals surface area contributed by atoms with Gasteiger partial charge in [-0.3, -0.25) is 14.4 Å². The molecule has 0 radical (unpaired) electrons. The fourth-order valence-electron chi connectivity index (χ4n) is 7.41. The number of nitrogens with zero attached hydrogens (tertiary/aromatic N) is 3. The molecule has 3 saturated heterocycles. The van der Waals surface area contributed by atoms with Crippen molar-refractivity contribution in [1.29, 1.82) is 0 Å². The average Bonchev–Trinajstić information content (AvgIpc) is 3.57. The molecular formula is C34H49N3O5S. The number of benzene rings is 1. The number of carbonyl (C=O) groups is 3. The summed E-state index contributed by atoms with van der Waals surface area (Å²) in [5.41, 5.74) is 1.86. The maximum atomic E-state index is 14.8. The molecule has 0 aromatic heterocycles. The largest absolute Gasteiger partial charge is 0.465 e. The predicted octanol–water partition coefficient (Wildman–Crippen LogP) is 5.21. The van der Waals surface area contributed by atoms with Gasteiger partial charge in [0.15, 0.2) is 0 Å². The van der Waals surface area contributed by atoms with Gasteiger partial charge in [-0.1, -0.05) is 25.0 Å². The summed E-state index contributed by atoms with van der Waals surface area (Å²) in [6.07, 6.45) is 8.59. The van der Waals surface area contributed by atoms with Crippen LogP contribution in [0.25, 0.3) is 0 Å². The van der Waals surface area contributed by atoms with Crippen molar-refractivity contribution in [3.63, 3.8) is 0 Å². The number of aliphatic hydroxyl groups is 1. The Hall–Kier alpha value is -2.78. The minimum atomic E-state index is -0.698. The van der Waals surface area contributed by atoms with E-state index in [9.17, 15) is 19.5 Å². The van der Waals surface area contributed by atoms with E-state index in [4.69, 9.17) is 4.74 Å². The van der Waals surface area contributed by atoms with E-state index in [1.165, 1.54) is 0 Å². The van der Waals surface area contributed by atoms with E-state index in [0.29, 0.717) is 32.4 Å². The topological polar surface area (TPSA) is 90.4 Å². The van der Waals surface area contributed by atoms with Crippen molar-refractivity contribution in [2.45, 2.75) is 81.3 Å². The van der Waals surface area contributed by atoms with Crippen LogP contribution < -0.4 is 9.80 Å². The lowest BCUT2D eigenvalue weighted by Gasteiger charge is -2.37. The Balaban J connectivity index is 1.70. The van der Waals surface area contributed by atoms with Crippen LogP contribution in [0.3, 0.4) is 0 Å². The molecule has 1 aromatic rings. The van der Waals surface area contributed by atoms with Gasteiger partial charge in [0.1, 0.15) is 6.04 Å². The number of rotatable bonds is 17. The van der Waals surface area contributed by atoms with Crippen LogP contribution >= 0.6 is 11.8 Å². The number of thioether (sulfide) groups is 1. The molecule has 2 unspecified atom stereocenters. The number of likely N-dealkylation sites (tertiary alicyclic amines) is 1. The molecular weight excluding hydrogens is 562 g/mol. The molecule has 236 valence electrons. The van der Waals surface area contributed by atoms with Gasteiger partial charge in [-0.25, -0.2) is 0 Å². The van der Waals surface area contributed by atoms with Gasteiger partial charge in [-0.2, -0.15) is 0 Å². The van der Waals surface area contributed by atoms with Gasteiger partial charge >= 0.3 is 5.97 Å². The minimum Gasteiger partial charge on any atom is -0.465 e. The van der Waals surface area contributed by atoms with Gasteiger partial charge in [-0.15, -0.1) is 24.9 Å². The molecule has 3 aliphatic heterocycles. The third kappa shape index (κ3) is 6.25. The summed E-state index contributed by atoms with van der Waals surface area (Å²) in [7, 11) is 0. The Labute approximate surface area is 261 Å². The number of ether oxygens (including phenoxy) is 1. The molecule has 5 atom stereocenters. The molecule has 4 rings (SSSR count). The van der Waals surface area contributed by atoms with Crippen LogP contribution in [-0.4, -0.2) is 82.7 Å². The van der Waals surface area contributed by atoms with Gasteiger partial charge < -0.3 is 24.5 Å². The fraction of sp³-hybridized carbons (Fsp3) is 0.618. The van der Waals surface area contributed by atoms with Gasteiger partial charge in [0.2, 0.25) is 5.91 Å². The summed E-state index contributed by atoms with van der Waals surface area (Å²) in [6.45, 7) is 16.9.